The Labute approximate surface area is 158 Å². The number of hydrogen-bond acceptors (Lipinski definition) is 4. The van der Waals surface area contributed by atoms with Crippen LogP contribution in [-0.4, -0.2) is 68.0 Å². The molecule has 2 heterocycles. The van der Waals surface area contributed by atoms with Crippen molar-refractivity contribution in [1.82, 2.24) is 14.5 Å². The Kier molecular flexibility index (Phi) is 7.55. The van der Waals surface area contributed by atoms with Crippen molar-refractivity contribution in [3.63, 3.8) is 0 Å². The number of carbonyl (C=O) groups is 1. The van der Waals surface area contributed by atoms with Crippen LogP contribution in [0.3, 0.4) is 0 Å². The predicted molar refractivity (Wildman–Crippen MR) is 101 cm³/mol. The number of carbonyl (C=O) groups excluding carboxylic acids is 1. The van der Waals surface area contributed by atoms with E-state index in [2.05, 4.69) is 5.32 Å². The average molecular weight is 394 g/mol. The highest BCUT2D eigenvalue weighted by Gasteiger charge is 2.42. The molecule has 3 fully saturated rings. The molecule has 0 aromatic heterocycles. The van der Waals surface area contributed by atoms with Gasteiger partial charge in [-0.3, -0.25) is 4.79 Å². The Morgan fingerprint density at radius 3 is 2.40 bits per heavy atom. The van der Waals surface area contributed by atoms with Gasteiger partial charge in [0.25, 0.3) is 0 Å². The summed E-state index contributed by atoms with van der Waals surface area (Å²) in [6, 6.07) is 0.0703. The lowest BCUT2D eigenvalue weighted by molar-refractivity contribution is -0.136. The van der Waals surface area contributed by atoms with Crippen LogP contribution in [0.5, 0.6) is 0 Å². The molecule has 0 aromatic rings. The van der Waals surface area contributed by atoms with E-state index in [1.165, 1.54) is 0 Å². The molecule has 1 N–H and O–H groups in total. The van der Waals surface area contributed by atoms with Crippen molar-refractivity contribution >= 4 is 28.3 Å². The van der Waals surface area contributed by atoms with Gasteiger partial charge in [0, 0.05) is 38.1 Å². The zero-order valence-electron chi connectivity index (χ0n) is 15.2. The number of piperidine rings is 1. The van der Waals surface area contributed by atoms with Crippen molar-refractivity contribution in [2.75, 3.05) is 33.2 Å². The Bertz CT molecular complexity index is 551. The number of hydrogen-bond donors (Lipinski definition) is 1. The third kappa shape index (κ3) is 4.49. The number of halogens is 1. The molecule has 3 rings (SSSR count). The van der Waals surface area contributed by atoms with Gasteiger partial charge in [-0.1, -0.05) is 12.8 Å². The Hall–Kier alpha value is -0.370. The van der Waals surface area contributed by atoms with Gasteiger partial charge in [-0.25, -0.2) is 8.42 Å². The predicted octanol–water partition coefficient (Wildman–Crippen LogP) is 1.60. The molecule has 2 unspecified atom stereocenters. The Morgan fingerprint density at radius 1 is 1.04 bits per heavy atom. The van der Waals surface area contributed by atoms with Crippen molar-refractivity contribution in [1.29, 1.82) is 0 Å². The molecule has 2 aliphatic heterocycles. The van der Waals surface area contributed by atoms with Crippen LogP contribution in [0.15, 0.2) is 0 Å². The van der Waals surface area contributed by atoms with Crippen molar-refractivity contribution in [3.05, 3.63) is 0 Å². The summed E-state index contributed by atoms with van der Waals surface area (Å²) in [5.74, 6) is 0.330. The summed E-state index contributed by atoms with van der Waals surface area (Å²) >= 11 is 0. The first-order valence-corrected chi connectivity index (χ1v) is 11.0. The molecule has 8 heteroatoms. The standard InChI is InChI=1S/C17H31N3O3S.ClH/c1-18-12-15-8-4-11-20(15)24(22,23)16-9-5-10-19(13-16)17(21)14-6-2-3-7-14;/h14-16,18H,2-13H2,1H3;1H. The lowest BCUT2D eigenvalue weighted by atomic mass is 10.0. The minimum atomic E-state index is -3.32. The monoisotopic (exact) mass is 393 g/mol. The fourth-order valence-electron chi connectivity index (χ4n) is 4.59. The molecule has 2 saturated heterocycles. The molecule has 25 heavy (non-hydrogen) atoms. The van der Waals surface area contributed by atoms with Crippen LogP contribution in [-0.2, 0) is 14.8 Å². The summed E-state index contributed by atoms with van der Waals surface area (Å²) in [7, 11) is -1.46. The van der Waals surface area contributed by atoms with Gasteiger partial charge in [-0.15, -0.1) is 12.4 Å². The maximum absolute atomic E-state index is 13.1. The summed E-state index contributed by atoms with van der Waals surface area (Å²) in [6.07, 6.45) is 7.55. The minimum Gasteiger partial charge on any atom is -0.341 e. The molecule has 0 aromatic carbocycles. The van der Waals surface area contributed by atoms with Gasteiger partial charge in [-0.2, -0.15) is 4.31 Å². The lowest BCUT2D eigenvalue weighted by Crippen LogP contribution is -2.52. The second kappa shape index (κ2) is 9.02. The summed E-state index contributed by atoms with van der Waals surface area (Å²) in [5, 5.41) is 2.69. The molecule has 6 nitrogen and oxygen atoms in total. The van der Waals surface area contributed by atoms with Gasteiger partial charge in [0.2, 0.25) is 15.9 Å². The van der Waals surface area contributed by atoms with Crippen LogP contribution in [0.1, 0.15) is 51.4 Å². The van der Waals surface area contributed by atoms with Crippen molar-refractivity contribution < 1.29 is 13.2 Å². The van der Waals surface area contributed by atoms with Gasteiger partial charge in [0.05, 0.1) is 5.25 Å². The largest absolute Gasteiger partial charge is 0.341 e. The quantitative estimate of drug-likeness (QED) is 0.770. The van der Waals surface area contributed by atoms with Crippen LogP contribution < -0.4 is 5.32 Å². The van der Waals surface area contributed by atoms with Gasteiger partial charge in [0.1, 0.15) is 0 Å². The zero-order chi connectivity index (χ0) is 17.2. The molecule has 1 aliphatic carbocycles. The topological polar surface area (TPSA) is 69.7 Å². The van der Waals surface area contributed by atoms with Crippen LogP contribution in [0.4, 0.5) is 0 Å². The van der Waals surface area contributed by atoms with E-state index in [1.807, 2.05) is 11.9 Å². The first kappa shape index (κ1) is 20.9. The molecule has 146 valence electrons. The Balaban J connectivity index is 0.00000225. The van der Waals surface area contributed by atoms with Crippen molar-refractivity contribution in [2.45, 2.75) is 62.7 Å². The molecule has 0 spiro atoms. The summed E-state index contributed by atoms with van der Waals surface area (Å²) in [4.78, 5) is 14.5. The number of nitrogens with zero attached hydrogens (tertiary/aromatic N) is 2. The smallest absolute Gasteiger partial charge is 0.225 e. The number of likely N-dealkylation sites (tertiary alicyclic amines) is 1. The number of likely N-dealkylation sites (N-methyl/N-ethyl adjacent to an activating group) is 1. The fourth-order valence-corrected chi connectivity index (χ4v) is 6.78. The van der Waals surface area contributed by atoms with Crippen LogP contribution in [0, 0.1) is 5.92 Å². The second-order valence-electron chi connectivity index (χ2n) is 7.54. The number of rotatable bonds is 5. The number of sulfonamides is 1. The summed E-state index contributed by atoms with van der Waals surface area (Å²) in [6.45, 7) is 2.44. The number of amides is 1. The van der Waals surface area contributed by atoms with E-state index in [4.69, 9.17) is 0 Å². The third-order valence-corrected chi connectivity index (χ3v) is 8.27. The second-order valence-corrected chi connectivity index (χ2v) is 9.70. The van der Waals surface area contributed by atoms with Gasteiger partial charge in [-0.05, 0) is 45.6 Å². The average Bonchev–Trinajstić information content (AvgIpc) is 3.26. The fraction of sp³-hybridized carbons (Fsp3) is 0.941. The maximum atomic E-state index is 13.1. The molecular weight excluding hydrogens is 362 g/mol. The first-order chi connectivity index (χ1) is 11.5. The van der Waals surface area contributed by atoms with Gasteiger partial charge < -0.3 is 10.2 Å². The normalized spacial score (nSPS) is 28.9. The van der Waals surface area contributed by atoms with Crippen LogP contribution in [0.2, 0.25) is 0 Å². The summed E-state index contributed by atoms with van der Waals surface area (Å²) in [5.41, 5.74) is 0. The lowest BCUT2D eigenvalue weighted by Gasteiger charge is -2.36. The van der Waals surface area contributed by atoms with Crippen molar-refractivity contribution in [3.8, 4) is 0 Å². The van der Waals surface area contributed by atoms with Crippen LogP contribution in [0.25, 0.3) is 0 Å². The van der Waals surface area contributed by atoms with E-state index >= 15 is 0 Å². The number of nitrogens with one attached hydrogen (secondary N) is 1. The van der Waals surface area contributed by atoms with E-state index in [0.717, 1.165) is 51.5 Å². The van der Waals surface area contributed by atoms with Gasteiger partial charge >= 0.3 is 0 Å². The highest BCUT2D eigenvalue weighted by molar-refractivity contribution is 7.89. The molecule has 3 aliphatic rings. The van der Waals surface area contributed by atoms with E-state index in [0.29, 0.717) is 26.1 Å². The maximum Gasteiger partial charge on any atom is 0.225 e. The van der Waals surface area contributed by atoms with E-state index in [9.17, 15) is 13.2 Å². The van der Waals surface area contributed by atoms with E-state index in [-0.39, 0.29) is 30.3 Å². The van der Waals surface area contributed by atoms with Gasteiger partial charge in [0.15, 0.2) is 0 Å². The third-order valence-electron chi connectivity index (χ3n) is 5.91. The molecule has 0 radical (unpaired) electrons. The van der Waals surface area contributed by atoms with E-state index < -0.39 is 15.3 Å². The highest BCUT2D eigenvalue weighted by Crippen LogP contribution is 2.30. The SMILES string of the molecule is CNCC1CCCN1S(=O)(=O)C1CCCN(C(=O)C2CCCC2)C1.Cl. The van der Waals surface area contributed by atoms with Crippen LogP contribution >= 0.6 is 12.4 Å². The molecular formula is C17H32ClN3O3S. The minimum absolute atomic E-state index is 0. The Morgan fingerprint density at radius 2 is 1.72 bits per heavy atom. The molecule has 0 bridgehead atoms. The highest BCUT2D eigenvalue weighted by atomic mass is 35.5. The van der Waals surface area contributed by atoms with E-state index in [1.54, 1.807) is 4.31 Å². The van der Waals surface area contributed by atoms with Crippen molar-refractivity contribution in [2.24, 2.45) is 5.92 Å². The summed E-state index contributed by atoms with van der Waals surface area (Å²) < 4.78 is 28.0. The zero-order valence-corrected chi connectivity index (χ0v) is 16.8. The first-order valence-electron chi connectivity index (χ1n) is 9.48. The molecule has 2 atom stereocenters. The molecule has 1 saturated carbocycles. The molecule has 1 amide bonds.